The molecule has 2 heterocycles. The van der Waals surface area contributed by atoms with Crippen molar-refractivity contribution in [3.05, 3.63) is 52.6 Å². The van der Waals surface area contributed by atoms with E-state index in [-0.39, 0.29) is 11.7 Å². The molecular weight excluding hydrogens is 244 g/mol. The Morgan fingerprint density at radius 1 is 1.21 bits per heavy atom. The van der Waals surface area contributed by atoms with E-state index >= 15 is 0 Å². The van der Waals surface area contributed by atoms with Crippen LogP contribution in [0.1, 0.15) is 11.9 Å². The Bertz CT molecular complexity index is 604. The van der Waals surface area contributed by atoms with Gasteiger partial charge in [0.05, 0.1) is 25.5 Å². The average molecular weight is 258 g/mol. The van der Waals surface area contributed by atoms with Crippen LogP contribution in [0.5, 0.6) is 0 Å². The second-order valence-electron chi connectivity index (χ2n) is 4.32. The van der Waals surface area contributed by atoms with Gasteiger partial charge in [-0.3, -0.25) is 4.79 Å². The molecule has 0 aliphatic carbocycles. The summed E-state index contributed by atoms with van der Waals surface area (Å²) < 4.78 is 10.9. The summed E-state index contributed by atoms with van der Waals surface area (Å²) in [5.41, 5.74) is 1.37. The fraction of sp³-hybridized carbons (Fsp3) is 0.286. The third-order valence-corrected chi connectivity index (χ3v) is 2.95. The van der Waals surface area contributed by atoms with Gasteiger partial charge in [-0.25, -0.2) is 4.98 Å². The number of ether oxygens (including phenoxy) is 2. The maximum Gasteiger partial charge on any atom is 0.251 e. The zero-order valence-corrected chi connectivity index (χ0v) is 10.3. The van der Waals surface area contributed by atoms with Gasteiger partial charge in [-0.15, -0.1) is 0 Å². The lowest BCUT2D eigenvalue weighted by atomic mass is 10.1. The number of H-pyrrole nitrogens is 1. The SMILES string of the molecule is O=c1cc(-c2ccccc2)nc(C2COCCO2)[nH]1. The molecule has 1 aliphatic rings. The maximum atomic E-state index is 11.7. The van der Waals surface area contributed by atoms with E-state index in [1.54, 1.807) is 0 Å². The van der Waals surface area contributed by atoms with E-state index in [2.05, 4.69) is 9.97 Å². The fourth-order valence-corrected chi connectivity index (χ4v) is 2.03. The summed E-state index contributed by atoms with van der Waals surface area (Å²) in [5.74, 6) is 0.519. The van der Waals surface area contributed by atoms with Gasteiger partial charge in [-0.1, -0.05) is 30.3 Å². The molecule has 1 aromatic carbocycles. The summed E-state index contributed by atoms with van der Waals surface area (Å²) in [6.07, 6.45) is -0.301. The van der Waals surface area contributed by atoms with E-state index in [9.17, 15) is 4.79 Å². The normalized spacial score (nSPS) is 19.3. The summed E-state index contributed by atoms with van der Waals surface area (Å²) in [4.78, 5) is 18.9. The Morgan fingerprint density at radius 2 is 2.05 bits per heavy atom. The highest BCUT2D eigenvalue weighted by atomic mass is 16.6. The average Bonchev–Trinajstić information content (AvgIpc) is 2.48. The van der Waals surface area contributed by atoms with E-state index < -0.39 is 0 Å². The van der Waals surface area contributed by atoms with Crippen LogP contribution in [0.15, 0.2) is 41.2 Å². The Labute approximate surface area is 110 Å². The van der Waals surface area contributed by atoms with Crippen molar-refractivity contribution in [3.63, 3.8) is 0 Å². The molecule has 19 heavy (non-hydrogen) atoms. The van der Waals surface area contributed by atoms with Gasteiger partial charge in [-0.05, 0) is 0 Å². The summed E-state index contributed by atoms with van der Waals surface area (Å²) in [6, 6.07) is 11.1. The molecule has 1 aliphatic heterocycles. The molecule has 98 valence electrons. The van der Waals surface area contributed by atoms with E-state index in [0.717, 1.165) is 5.56 Å². The lowest BCUT2D eigenvalue weighted by Crippen LogP contribution is -2.25. The minimum Gasteiger partial charge on any atom is -0.376 e. The van der Waals surface area contributed by atoms with Crippen LogP contribution in [0.3, 0.4) is 0 Å². The van der Waals surface area contributed by atoms with Gasteiger partial charge in [0.25, 0.3) is 5.56 Å². The molecule has 1 fully saturated rings. The van der Waals surface area contributed by atoms with Crippen LogP contribution in [-0.4, -0.2) is 29.8 Å². The quantitative estimate of drug-likeness (QED) is 0.887. The standard InChI is InChI=1S/C14H14N2O3/c17-13-8-11(10-4-2-1-3-5-10)15-14(16-13)12-9-18-6-7-19-12/h1-5,8,12H,6-7,9H2,(H,15,16,17). The first kappa shape index (κ1) is 12.1. The van der Waals surface area contributed by atoms with Gasteiger partial charge in [0.2, 0.25) is 0 Å². The number of rotatable bonds is 2. The highest BCUT2D eigenvalue weighted by Gasteiger charge is 2.19. The molecule has 1 unspecified atom stereocenters. The van der Waals surface area contributed by atoms with Crippen molar-refractivity contribution in [2.24, 2.45) is 0 Å². The molecule has 1 N–H and O–H groups in total. The van der Waals surface area contributed by atoms with Crippen LogP contribution >= 0.6 is 0 Å². The predicted octanol–water partition coefficient (Wildman–Crippen LogP) is 1.52. The fourth-order valence-electron chi connectivity index (χ4n) is 2.03. The summed E-state index contributed by atoms with van der Waals surface area (Å²) in [5, 5.41) is 0. The van der Waals surface area contributed by atoms with Gasteiger partial charge in [-0.2, -0.15) is 0 Å². The van der Waals surface area contributed by atoms with E-state index in [1.165, 1.54) is 6.07 Å². The second kappa shape index (κ2) is 5.34. The van der Waals surface area contributed by atoms with Crippen LogP contribution in [-0.2, 0) is 9.47 Å². The smallest absolute Gasteiger partial charge is 0.251 e. The summed E-state index contributed by atoms with van der Waals surface area (Å²) >= 11 is 0. The lowest BCUT2D eigenvalue weighted by molar-refractivity contribution is -0.0935. The molecule has 0 spiro atoms. The Balaban J connectivity index is 1.98. The zero-order valence-electron chi connectivity index (χ0n) is 10.3. The van der Waals surface area contributed by atoms with Gasteiger partial charge in [0, 0.05) is 11.6 Å². The molecule has 5 nitrogen and oxygen atoms in total. The van der Waals surface area contributed by atoms with Crippen molar-refractivity contribution < 1.29 is 9.47 Å². The van der Waals surface area contributed by atoms with Gasteiger partial charge in [0.1, 0.15) is 11.9 Å². The summed E-state index contributed by atoms with van der Waals surface area (Å²) in [6.45, 7) is 1.52. The zero-order chi connectivity index (χ0) is 13.1. The maximum absolute atomic E-state index is 11.7. The monoisotopic (exact) mass is 258 g/mol. The van der Waals surface area contributed by atoms with Crippen molar-refractivity contribution >= 4 is 0 Å². The third-order valence-electron chi connectivity index (χ3n) is 2.95. The summed E-state index contributed by atoms with van der Waals surface area (Å²) in [7, 11) is 0. The van der Waals surface area contributed by atoms with Crippen LogP contribution < -0.4 is 5.56 Å². The number of nitrogens with zero attached hydrogens (tertiary/aromatic N) is 1. The van der Waals surface area contributed by atoms with E-state index in [4.69, 9.17) is 9.47 Å². The number of benzene rings is 1. The third kappa shape index (κ3) is 2.72. The topological polar surface area (TPSA) is 64.2 Å². The van der Waals surface area contributed by atoms with E-state index in [0.29, 0.717) is 31.3 Å². The van der Waals surface area contributed by atoms with Gasteiger partial charge in [0.15, 0.2) is 0 Å². The minimum atomic E-state index is -0.301. The molecule has 0 radical (unpaired) electrons. The number of aromatic amines is 1. The first-order valence-corrected chi connectivity index (χ1v) is 6.19. The Morgan fingerprint density at radius 3 is 2.79 bits per heavy atom. The van der Waals surface area contributed by atoms with Gasteiger partial charge < -0.3 is 14.5 Å². The lowest BCUT2D eigenvalue weighted by Gasteiger charge is -2.22. The second-order valence-corrected chi connectivity index (χ2v) is 4.32. The van der Waals surface area contributed by atoms with Crippen molar-refractivity contribution in [2.45, 2.75) is 6.10 Å². The van der Waals surface area contributed by atoms with Crippen LogP contribution in [0.4, 0.5) is 0 Å². The van der Waals surface area contributed by atoms with Crippen LogP contribution in [0, 0.1) is 0 Å². The van der Waals surface area contributed by atoms with Crippen LogP contribution in [0.25, 0.3) is 11.3 Å². The Kier molecular flexibility index (Phi) is 3.39. The van der Waals surface area contributed by atoms with Gasteiger partial charge >= 0.3 is 0 Å². The molecule has 0 saturated carbocycles. The molecule has 0 bridgehead atoms. The largest absolute Gasteiger partial charge is 0.376 e. The molecule has 0 amide bonds. The van der Waals surface area contributed by atoms with E-state index in [1.807, 2.05) is 30.3 Å². The van der Waals surface area contributed by atoms with Crippen molar-refractivity contribution in [3.8, 4) is 11.3 Å². The van der Waals surface area contributed by atoms with Crippen molar-refractivity contribution in [1.82, 2.24) is 9.97 Å². The molecule has 1 aromatic heterocycles. The first-order chi connectivity index (χ1) is 9.33. The minimum absolute atomic E-state index is 0.182. The number of aromatic nitrogens is 2. The van der Waals surface area contributed by atoms with Crippen LogP contribution in [0.2, 0.25) is 0 Å². The molecular formula is C14H14N2O3. The van der Waals surface area contributed by atoms with Crippen molar-refractivity contribution in [2.75, 3.05) is 19.8 Å². The predicted molar refractivity (Wildman–Crippen MR) is 69.8 cm³/mol. The molecule has 1 atom stereocenters. The first-order valence-electron chi connectivity index (χ1n) is 6.19. The van der Waals surface area contributed by atoms with Crippen molar-refractivity contribution in [1.29, 1.82) is 0 Å². The number of hydrogen-bond acceptors (Lipinski definition) is 4. The highest BCUT2D eigenvalue weighted by Crippen LogP contribution is 2.20. The number of nitrogens with one attached hydrogen (secondary N) is 1. The Hall–Kier alpha value is -1.98. The molecule has 3 rings (SSSR count). The highest BCUT2D eigenvalue weighted by molar-refractivity contribution is 5.58. The number of hydrogen-bond donors (Lipinski definition) is 1. The molecule has 2 aromatic rings. The molecule has 1 saturated heterocycles. The molecule has 5 heteroatoms.